The lowest BCUT2D eigenvalue weighted by Crippen LogP contribution is -2.15. The Balaban J connectivity index is 1.79. The van der Waals surface area contributed by atoms with E-state index in [-0.39, 0.29) is 11.3 Å². The molecule has 0 amide bonds. The maximum atomic E-state index is 12.2. The third kappa shape index (κ3) is 4.16. The molecule has 0 aromatic heterocycles. The highest BCUT2D eigenvalue weighted by Crippen LogP contribution is 2.21. The van der Waals surface area contributed by atoms with Crippen molar-refractivity contribution in [3.8, 4) is 0 Å². The molecule has 0 bridgehead atoms. The van der Waals surface area contributed by atoms with Crippen molar-refractivity contribution >= 4 is 32.5 Å². The van der Waals surface area contributed by atoms with Gasteiger partial charge in [-0.05, 0) is 53.6 Å². The van der Waals surface area contributed by atoms with Gasteiger partial charge in [0.1, 0.15) is 5.75 Å². The quantitative estimate of drug-likeness (QED) is 0.572. The number of hydrogen-bond acceptors (Lipinski definition) is 5. The van der Waals surface area contributed by atoms with Crippen molar-refractivity contribution in [3.63, 3.8) is 0 Å². The van der Waals surface area contributed by atoms with Gasteiger partial charge in [-0.1, -0.05) is 35.9 Å². The first kappa shape index (κ1) is 17.0. The third-order valence-electron chi connectivity index (χ3n) is 3.73. The molecule has 0 fully saturated rings. The highest BCUT2D eigenvalue weighted by molar-refractivity contribution is 7.86. The zero-order valence-corrected chi connectivity index (χ0v) is 14.4. The molecule has 0 atom stereocenters. The number of hydrogen-bond donors (Lipinski definition) is 1. The Morgan fingerprint density at radius 1 is 1.00 bits per heavy atom. The summed E-state index contributed by atoms with van der Waals surface area (Å²) in [7, 11) is -4.05. The molecule has 5 nitrogen and oxygen atoms in total. The summed E-state index contributed by atoms with van der Waals surface area (Å²) in [6, 6.07) is 17.2. The summed E-state index contributed by atoms with van der Waals surface area (Å²) in [5.74, 6) is -1.26. The van der Waals surface area contributed by atoms with Gasteiger partial charge in [0.05, 0.1) is 5.56 Å². The molecule has 0 aliphatic heterocycles. The van der Waals surface area contributed by atoms with Crippen LogP contribution in [-0.4, -0.2) is 14.4 Å². The van der Waals surface area contributed by atoms with Crippen LogP contribution in [0.4, 0.5) is 5.69 Å². The molecule has 25 heavy (non-hydrogen) atoms. The van der Waals surface area contributed by atoms with Gasteiger partial charge in [-0.25, -0.2) is 4.79 Å². The first-order chi connectivity index (χ1) is 11.8. The summed E-state index contributed by atoms with van der Waals surface area (Å²) in [5, 5.41) is 1.78. The van der Waals surface area contributed by atoms with Gasteiger partial charge in [0.15, 0.2) is 0 Å². The van der Waals surface area contributed by atoms with E-state index in [1.54, 1.807) is 36.4 Å². The summed E-state index contributed by atoms with van der Waals surface area (Å²) >= 11 is 0. The number of anilines is 1. The monoisotopic (exact) mass is 355 g/mol. The Morgan fingerprint density at radius 3 is 2.48 bits per heavy atom. The number of aryl methyl sites for hydroxylation is 1. The maximum absolute atomic E-state index is 12.2. The molecule has 3 rings (SSSR count). The number of carbonyl (C=O) groups is 1. The van der Waals surface area contributed by atoms with Crippen molar-refractivity contribution < 1.29 is 17.4 Å². The van der Waals surface area contributed by atoms with Gasteiger partial charge >= 0.3 is 16.1 Å². The Morgan fingerprint density at radius 2 is 1.72 bits per heavy atom. The first-order valence-electron chi connectivity index (χ1n) is 7.64. The van der Waals surface area contributed by atoms with Gasteiger partial charge in [0.25, 0.3) is 0 Å². The Kier molecular flexibility index (Phi) is 4.46. The van der Waals surface area contributed by atoms with Crippen LogP contribution in [0.2, 0.25) is 0 Å². The molecule has 0 aliphatic carbocycles. The number of carbonyl (C=O) groups excluding carboxylic acids is 1. The molecule has 0 saturated heterocycles. The van der Waals surface area contributed by atoms with Crippen molar-refractivity contribution in [1.82, 2.24) is 0 Å². The standard InChI is InChI=1S/C19H17NO4S/c1-13-3-2-4-17(9-13)19(21)24-25(22,23)12-14-5-6-16-11-18(20)8-7-15(16)10-14/h2-11H,12,20H2,1H3. The number of nitrogens with two attached hydrogens (primary N) is 1. The second kappa shape index (κ2) is 6.57. The van der Waals surface area contributed by atoms with Gasteiger partial charge in [-0.15, -0.1) is 0 Å². The molecular weight excluding hydrogens is 338 g/mol. The van der Waals surface area contributed by atoms with Gasteiger partial charge in [0.2, 0.25) is 0 Å². The van der Waals surface area contributed by atoms with Gasteiger partial charge < -0.3 is 9.92 Å². The Labute approximate surface area is 146 Å². The summed E-state index contributed by atoms with van der Waals surface area (Å²) in [6.07, 6.45) is 0. The van der Waals surface area contributed by atoms with Crippen LogP contribution in [0.25, 0.3) is 10.8 Å². The lowest BCUT2D eigenvalue weighted by molar-refractivity contribution is 0.0746. The van der Waals surface area contributed by atoms with Crippen LogP contribution in [0, 0.1) is 6.92 Å². The van der Waals surface area contributed by atoms with Crippen molar-refractivity contribution in [2.75, 3.05) is 5.73 Å². The third-order valence-corrected chi connectivity index (χ3v) is 4.82. The zero-order valence-electron chi connectivity index (χ0n) is 13.6. The highest BCUT2D eigenvalue weighted by atomic mass is 32.2. The van der Waals surface area contributed by atoms with E-state index in [0.717, 1.165) is 16.3 Å². The molecule has 0 heterocycles. The molecule has 128 valence electrons. The fourth-order valence-electron chi connectivity index (χ4n) is 2.57. The van der Waals surface area contributed by atoms with E-state index in [1.165, 1.54) is 6.07 Å². The molecule has 0 spiro atoms. The van der Waals surface area contributed by atoms with E-state index in [0.29, 0.717) is 11.3 Å². The number of rotatable bonds is 4. The van der Waals surface area contributed by atoms with Crippen LogP contribution >= 0.6 is 0 Å². The van der Waals surface area contributed by atoms with Gasteiger partial charge in [-0.2, -0.15) is 8.42 Å². The van der Waals surface area contributed by atoms with E-state index >= 15 is 0 Å². The number of benzene rings is 3. The maximum Gasteiger partial charge on any atom is 0.353 e. The lowest BCUT2D eigenvalue weighted by atomic mass is 10.1. The topological polar surface area (TPSA) is 86.5 Å². The molecular formula is C19H17NO4S. The SMILES string of the molecule is Cc1cccc(C(=O)OS(=O)(=O)Cc2ccc3cc(N)ccc3c2)c1. The smallest absolute Gasteiger partial charge is 0.353 e. The van der Waals surface area contributed by atoms with Crippen LogP contribution in [0.15, 0.2) is 60.7 Å². The average Bonchev–Trinajstić information content (AvgIpc) is 2.54. The van der Waals surface area contributed by atoms with Gasteiger partial charge in [-0.3, -0.25) is 0 Å². The normalized spacial score (nSPS) is 11.4. The number of fused-ring (bicyclic) bond motifs is 1. The Hall–Kier alpha value is -2.86. The molecule has 0 radical (unpaired) electrons. The highest BCUT2D eigenvalue weighted by Gasteiger charge is 2.19. The molecule has 3 aromatic carbocycles. The largest absolute Gasteiger partial charge is 0.399 e. The molecule has 0 saturated carbocycles. The van der Waals surface area contributed by atoms with Crippen LogP contribution in [0.1, 0.15) is 21.5 Å². The summed E-state index contributed by atoms with van der Waals surface area (Å²) in [6.45, 7) is 1.81. The van der Waals surface area contributed by atoms with E-state index in [2.05, 4.69) is 0 Å². The summed E-state index contributed by atoms with van der Waals surface area (Å²) in [4.78, 5) is 12.0. The fraction of sp³-hybridized carbons (Fsp3) is 0.105. The van der Waals surface area contributed by atoms with E-state index in [9.17, 15) is 13.2 Å². The molecule has 2 N–H and O–H groups in total. The molecule has 6 heteroatoms. The van der Waals surface area contributed by atoms with E-state index in [4.69, 9.17) is 9.92 Å². The first-order valence-corrected chi connectivity index (χ1v) is 9.21. The molecule has 3 aromatic rings. The second-order valence-corrected chi connectivity index (χ2v) is 7.45. The van der Waals surface area contributed by atoms with Crippen molar-refractivity contribution in [2.24, 2.45) is 0 Å². The summed E-state index contributed by atoms with van der Waals surface area (Å²) < 4.78 is 29.1. The number of nitrogen functional groups attached to an aromatic ring is 1. The fourth-order valence-corrected chi connectivity index (χ4v) is 3.55. The Bertz CT molecular complexity index is 1060. The minimum atomic E-state index is -4.05. The molecule has 0 aliphatic rings. The van der Waals surface area contributed by atoms with Crippen LogP contribution < -0.4 is 5.73 Å². The predicted octanol–water partition coefficient (Wildman–Crippen LogP) is 3.42. The van der Waals surface area contributed by atoms with Crippen molar-refractivity contribution in [3.05, 3.63) is 77.4 Å². The lowest BCUT2D eigenvalue weighted by Gasteiger charge is -2.08. The summed E-state index contributed by atoms with van der Waals surface area (Å²) in [5.41, 5.74) is 7.96. The van der Waals surface area contributed by atoms with Crippen LogP contribution in [0.5, 0.6) is 0 Å². The minimum absolute atomic E-state index is 0.206. The van der Waals surface area contributed by atoms with Crippen molar-refractivity contribution in [1.29, 1.82) is 0 Å². The van der Waals surface area contributed by atoms with E-state index in [1.807, 2.05) is 25.1 Å². The molecule has 0 unspecified atom stereocenters. The second-order valence-electron chi connectivity index (χ2n) is 5.88. The average molecular weight is 355 g/mol. The predicted molar refractivity (Wildman–Crippen MR) is 97.6 cm³/mol. The van der Waals surface area contributed by atoms with Crippen molar-refractivity contribution in [2.45, 2.75) is 12.7 Å². The van der Waals surface area contributed by atoms with Gasteiger partial charge in [0, 0.05) is 5.69 Å². The van der Waals surface area contributed by atoms with Crippen LogP contribution in [-0.2, 0) is 20.1 Å². The minimum Gasteiger partial charge on any atom is -0.399 e. The zero-order chi connectivity index (χ0) is 18.0. The van der Waals surface area contributed by atoms with Crippen LogP contribution in [0.3, 0.4) is 0 Å². The van der Waals surface area contributed by atoms with E-state index < -0.39 is 16.1 Å².